The highest BCUT2D eigenvalue weighted by Gasteiger charge is 2.23. The monoisotopic (exact) mass is 346 g/mol. The van der Waals surface area contributed by atoms with Crippen LogP contribution in [0.25, 0.3) is 0 Å². The number of hydrogen-bond donors (Lipinski definition) is 2. The smallest absolute Gasteiger partial charge is 0.240 e. The van der Waals surface area contributed by atoms with Gasteiger partial charge in [-0.15, -0.1) is 12.4 Å². The van der Waals surface area contributed by atoms with E-state index < -0.39 is 10.0 Å². The molecule has 1 aromatic rings. The van der Waals surface area contributed by atoms with Crippen molar-refractivity contribution in [1.82, 2.24) is 10.0 Å². The minimum atomic E-state index is -3.43. The molecule has 0 spiro atoms. The van der Waals surface area contributed by atoms with Crippen LogP contribution >= 0.6 is 12.4 Å². The van der Waals surface area contributed by atoms with Gasteiger partial charge in [-0.25, -0.2) is 13.1 Å². The van der Waals surface area contributed by atoms with E-state index in [1.165, 1.54) is 0 Å². The van der Waals surface area contributed by atoms with E-state index in [2.05, 4.69) is 10.0 Å². The molecule has 3 rings (SSSR count). The highest BCUT2D eigenvalue weighted by molar-refractivity contribution is 7.89. The van der Waals surface area contributed by atoms with Crippen molar-refractivity contribution in [3.8, 4) is 5.75 Å². The van der Waals surface area contributed by atoms with Crippen LogP contribution in [0.5, 0.6) is 5.75 Å². The van der Waals surface area contributed by atoms with Crippen LogP contribution < -0.4 is 14.8 Å². The van der Waals surface area contributed by atoms with Crippen molar-refractivity contribution >= 4 is 22.4 Å². The largest absolute Gasteiger partial charge is 0.490 e. The Morgan fingerprint density at radius 1 is 1.41 bits per heavy atom. The number of nitrogens with one attached hydrogen (secondary N) is 2. The van der Waals surface area contributed by atoms with Crippen LogP contribution in [0.3, 0.4) is 0 Å². The maximum atomic E-state index is 12.4. The van der Waals surface area contributed by atoms with E-state index in [-0.39, 0.29) is 18.5 Å². The second-order valence-electron chi connectivity index (χ2n) is 5.97. The van der Waals surface area contributed by atoms with Gasteiger partial charge in [-0.3, -0.25) is 0 Å². The average molecular weight is 347 g/mol. The number of rotatable bonds is 4. The summed E-state index contributed by atoms with van der Waals surface area (Å²) in [6.45, 7) is 4.41. The summed E-state index contributed by atoms with van der Waals surface area (Å²) in [6, 6.07) is 5.12. The topological polar surface area (TPSA) is 67.4 Å². The summed E-state index contributed by atoms with van der Waals surface area (Å²) in [5.74, 6) is 1.18. The molecule has 2 N–H and O–H groups in total. The first-order chi connectivity index (χ1) is 10.0. The van der Waals surface area contributed by atoms with E-state index in [4.69, 9.17) is 4.74 Å². The Bertz CT molecular complexity index is 615. The number of fused-ring (bicyclic) bond motifs is 1. The van der Waals surface area contributed by atoms with Crippen LogP contribution in [0.2, 0.25) is 0 Å². The minimum Gasteiger partial charge on any atom is -0.490 e. The van der Waals surface area contributed by atoms with Crippen LogP contribution in [0, 0.1) is 5.92 Å². The SMILES string of the molecule is CC1Cc2cc(S(=O)(=O)NCC3CCCNC3)ccc2O1.Cl. The van der Waals surface area contributed by atoms with Gasteiger partial charge in [0.05, 0.1) is 4.90 Å². The standard InChI is InChI=1S/C15H22N2O3S.ClH/c1-11-7-13-8-14(4-5-15(13)20-11)21(18,19)17-10-12-3-2-6-16-9-12;/h4-5,8,11-12,16-17H,2-3,6-7,9-10H2,1H3;1H. The first-order valence-electron chi connectivity index (χ1n) is 7.54. The molecule has 0 aliphatic carbocycles. The average Bonchev–Trinajstić information content (AvgIpc) is 2.85. The molecule has 5 nitrogen and oxygen atoms in total. The molecule has 0 radical (unpaired) electrons. The molecule has 2 atom stereocenters. The highest BCUT2D eigenvalue weighted by Crippen LogP contribution is 2.30. The zero-order valence-corrected chi connectivity index (χ0v) is 14.3. The summed E-state index contributed by atoms with van der Waals surface area (Å²) < 4.78 is 33.1. The van der Waals surface area contributed by atoms with Gasteiger partial charge in [0.2, 0.25) is 10.0 Å². The minimum absolute atomic E-state index is 0. The fraction of sp³-hybridized carbons (Fsp3) is 0.600. The van der Waals surface area contributed by atoms with Crippen LogP contribution in [0.4, 0.5) is 0 Å². The molecular formula is C15H23ClN2O3S. The molecule has 0 bridgehead atoms. The number of piperidine rings is 1. The van der Waals surface area contributed by atoms with Crippen LogP contribution in [-0.2, 0) is 16.4 Å². The molecule has 0 saturated carbocycles. The molecule has 1 aromatic carbocycles. The van der Waals surface area contributed by atoms with Crippen LogP contribution in [0.15, 0.2) is 23.1 Å². The molecule has 1 fully saturated rings. The van der Waals surface area contributed by atoms with Gasteiger partial charge in [0, 0.05) is 13.0 Å². The summed E-state index contributed by atoms with van der Waals surface area (Å²) in [5, 5.41) is 3.30. The van der Waals surface area contributed by atoms with Gasteiger partial charge >= 0.3 is 0 Å². The maximum Gasteiger partial charge on any atom is 0.240 e. The normalized spacial score (nSPS) is 24.2. The molecule has 7 heteroatoms. The number of ether oxygens (including phenoxy) is 1. The van der Waals surface area contributed by atoms with E-state index in [0.717, 1.165) is 43.7 Å². The van der Waals surface area contributed by atoms with Crippen molar-refractivity contribution in [2.75, 3.05) is 19.6 Å². The second-order valence-corrected chi connectivity index (χ2v) is 7.73. The van der Waals surface area contributed by atoms with E-state index in [0.29, 0.717) is 17.4 Å². The number of benzene rings is 1. The van der Waals surface area contributed by atoms with Gasteiger partial charge < -0.3 is 10.1 Å². The lowest BCUT2D eigenvalue weighted by molar-refractivity contribution is 0.254. The molecular weight excluding hydrogens is 324 g/mol. The van der Waals surface area contributed by atoms with Gasteiger partial charge in [0.25, 0.3) is 0 Å². The van der Waals surface area contributed by atoms with Gasteiger partial charge in [0.15, 0.2) is 0 Å². The third kappa shape index (κ3) is 3.93. The lowest BCUT2D eigenvalue weighted by Gasteiger charge is -2.22. The Labute approximate surface area is 138 Å². The zero-order valence-electron chi connectivity index (χ0n) is 12.7. The summed E-state index contributed by atoms with van der Waals surface area (Å²) in [5.41, 5.74) is 0.977. The van der Waals surface area contributed by atoms with Gasteiger partial charge in [-0.1, -0.05) is 0 Å². The molecule has 2 heterocycles. The van der Waals surface area contributed by atoms with Crippen molar-refractivity contribution in [3.05, 3.63) is 23.8 Å². The van der Waals surface area contributed by atoms with Crippen molar-refractivity contribution in [2.45, 2.75) is 37.2 Å². The molecule has 2 aliphatic heterocycles. The Kier molecular flexibility index (Phi) is 5.71. The zero-order chi connectivity index (χ0) is 14.9. The fourth-order valence-corrected chi connectivity index (χ4v) is 4.14. The summed E-state index contributed by atoms with van der Waals surface area (Å²) >= 11 is 0. The molecule has 124 valence electrons. The Hall–Kier alpha value is -0.820. The van der Waals surface area contributed by atoms with E-state index in [1.54, 1.807) is 18.2 Å². The van der Waals surface area contributed by atoms with E-state index in [1.807, 2.05) is 6.92 Å². The second kappa shape index (κ2) is 7.17. The van der Waals surface area contributed by atoms with Crippen LogP contribution in [-0.4, -0.2) is 34.2 Å². The number of sulfonamides is 1. The van der Waals surface area contributed by atoms with Crippen LogP contribution in [0.1, 0.15) is 25.3 Å². The van der Waals surface area contributed by atoms with E-state index in [9.17, 15) is 8.42 Å². The molecule has 0 amide bonds. The van der Waals surface area contributed by atoms with Gasteiger partial charge in [0.1, 0.15) is 11.9 Å². The quantitative estimate of drug-likeness (QED) is 0.871. The lowest BCUT2D eigenvalue weighted by Crippen LogP contribution is -2.38. The van der Waals surface area contributed by atoms with Gasteiger partial charge in [-0.05, 0) is 62.5 Å². The van der Waals surface area contributed by atoms with Crippen molar-refractivity contribution in [3.63, 3.8) is 0 Å². The predicted molar refractivity (Wildman–Crippen MR) is 88.3 cm³/mol. The Morgan fingerprint density at radius 2 is 2.23 bits per heavy atom. The van der Waals surface area contributed by atoms with Gasteiger partial charge in [-0.2, -0.15) is 0 Å². The third-order valence-corrected chi connectivity index (χ3v) is 5.56. The molecule has 2 unspecified atom stereocenters. The Morgan fingerprint density at radius 3 is 2.95 bits per heavy atom. The van der Waals surface area contributed by atoms with Crippen molar-refractivity contribution in [2.24, 2.45) is 5.92 Å². The lowest BCUT2D eigenvalue weighted by atomic mass is 10.0. The number of halogens is 1. The predicted octanol–water partition coefficient (Wildman–Crippen LogP) is 1.71. The van der Waals surface area contributed by atoms with Crippen molar-refractivity contribution in [1.29, 1.82) is 0 Å². The first kappa shape index (κ1) is 17.5. The summed E-state index contributed by atoms with van der Waals surface area (Å²) in [4.78, 5) is 0.336. The summed E-state index contributed by atoms with van der Waals surface area (Å²) in [7, 11) is -3.43. The van der Waals surface area contributed by atoms with Crippen molar-refractivity contribution < 1.29 is 13.2 Å². The Balaban J connectivity index is 0.00000176. The maximum absolute atomic E-state index is 12.4. The molecule has 1 saturated heterocycles. The summed E-state index contributed by atoms with van der Waals surface area (Å²) in [6.07, 6.45) is 3.08. The highest BCUT2D eigenvalue weighted by atomic mass is 35.5. The molecule has 0 aromatic heterocycles. The first-order valence-corrected chi connectivity index (χ1v) is 9.03. The third-order valence-electron chi connectivity index (χ3n) is 4.14. The number of hydrogen-bond acceptors (Lipinski definition) is 4. The molecule has 22 heavy (non-hydrogen) atoms. The van der Waals surface area contributed by atoms with E-state index >= 15 is 0 Å². The fourth-order valence-electron chi connectivity index (χ4n) is 2.97. The molecule has 2 aliphatic rings.